The van der Waals surface area contributed by atoms with Crippen LogP contribution in [-0.4, -0.2) is 59.2 Å². The monoisotopic (exact) mass is 439 g/mol. The van der Waals surface area contributed by atoms with Gasteiger partial charge in [-0.2, -0.15) is 0 Å². The molecule has 1 aliphatic heterocycles. The van der Waals surface area contributed by atoms with Gasteiger partial charge in [0.05, 0.1) is 0 Å². The van der Waals surface area contributed by atoms with Gasteiger partial charge in [0.15, 0.2) is 0 Å². The molecule has 6 heteroatoms. The lowest BCUT2D eigenvalue weighted by atomic mass is 9.84. The number of benzene rings is 1. The lowest BCUT2D eigenvalue weighted by Crippen LogP contribution is -2.60. The fraction of sp³-hybridized carbons (Fsp3) is 0.654. The van der Waals surface area contributed by atoms with Gasteiger partial charge >= 0.3 is 0 Å². The minimum atomic E-state index is -0.557. The van der Waals surface area contributed by atoms with Crippen molar-refractivity contribution < 1.29 is 14.4 Å². The molecular weight excluding hydrogens is 402 g/mol. The average Bonchev–Trinajstić information content (AvgIpc) is 2.78. The Morgan fingerprint density at radius 3 is 2.25 bits per heavy atom. The van der Waals surface area contributed by atoms with Crippen molar-refractivity contribution in [1.82, 2.24) is 15.1 Å². The average molecular weight is 440 g/mol. The van der Waals surface area contributed by atoms with Gasteiger partial charge in [0.1, 0.15) is 6.04 Å². The maximum absolute atomic E-state index is 13.5. The van der Waals surface area contributed by atoms with Gasteiger partial charge in [0, 0.05) is 43.9 Å². The van der Waals surface area contributed by atoms with Gasteiger partial charge in [0.25, 0.3) is 0 Å². The van der Waals surface area contributed by atoms with Crippen LogP contribution in [0.1, 0.15) is 63.9 Å². The highest BCUT2D eigenvalue weighted by Gasteiger charge is 2.37. The fourth-order valence-corrected chi connectivity index (χ4v) is 5.30. The zero-order valence-electron chi connectivity index (χ0n) is 19.3. The van der Waals surface area contributed by atoms with Gasteiger partial charge in [-0.25, -0.2) is 0 Å². The first-order valence-electron chi connectivity index (χ1n) is 12.5. The van der Waals surface area contributed by atoms with Crippen LogP contribution in [-0.2, 0) is 20.8 Å². The van der Waals surface area contributed by atoms with E-state index in [1.165, 1.54) is 6.42 Å². The van der Waals surface area contributed by atoms with E-state index in [0.29, 0.717) is 26.1 Å². The molecule has 2 saturated carbocycles. The van der Waals surface area contributed by atoms with Crippen LogP contribution in [0.3, 0.4) is 0 Å². The van der Waals surface area contributed by atoms with E-state index in [9.17, 15) is 14.4 Å². The third-order valence-electron chi connectivity index (χ3n) is 7.55. The molecule has 0 radical (unpaired) electrons. The molecule has 3 amide bonds. The van der Waals surface area contributed by atoms with E-state index in [2.05, 4.69) is 5.32 Å². The largest absolute Gasteiger partial charge is 0.344 e. The fourth-order valence-electron chi connectivity index (χ4n) is 5.30. The predicted molar refractivity (Wildman–Crippen MR) is 124 cm³/mol. The number of amides is 3. The van der Waals surface area contributed by atoms with Gasteiger partial charge in [-0.05, 0) is 38.2 Å². The Morgan fingerprint density at radius 2 is 1.62 bits per heavy atom. The summed E-state index contributed by atoms with van der Waals surface area (Å²) in [7, 11) is 0. The molecule has 2 atom stereocenters. The van der Waals surface area contributed by atoms with E-state index in [0.717, 1.165) is 50.5 Å². The topological polar surface area (TPSA) is 69.7 Å². The first kappa shape index (κ1) is 22.8. The van der Waals surface area contributed by atoms with Crippen molar-refractivity contribution in [1.29, 1.82) is 0 Å². The normalized spacial score (nSPS) is 23.3. The quantitative estimate of drug-likeness (QED) is 0.740. The molecule has 2 unspecified atom stereocenters. The third kappa shape index (κ3) is 5.33. The third-order valence-corrected chi connectivity index (χ3v) is 7.55. The summed E-state index contributed by atoms with van der Waals surface area (Å²) in [6, 6.07) is 9.32. The number of nitrogens with one attached hydrogen (secondary N) is 1. The first-order chi connectivity index (χ1) is 15.5. The van der Waals surface area contributed by atoms with Gasteiger partial charge in [-0.1, -0.05) is 56.0 Å². The number of carbonyl (C=O) groups is 3. The van der Waals surface area contributed by atoms with Gasteiger partial charge in [-0.3, -0.25) is 14.4 Å². The molecule has 32 heavy (non-hydrogen) atoms. The molecule has 174 valence electrons. The molecule has 0 bridgehead atoms. The Kier molecular flexibility index (Phi) is 7.48. The number of hydrogen-bond acceptors (Lipinski definition) is 3. The second-order valence-electron chi connectivity index (χ2n) is 9.88. The molecule has 2 aliphatic carbocycles. The molecule has 1 saturated heterocycles. The van der Waals surface area contributed by atoms with Crippen molar-refractivity contribution in [3.63, 3.8) is 0 Å². The van der Waals surface area contributed by atoms with Crippen molar-refractivity contribution in [2.75, 3.05) is 19.6 Å². The second-order valence-corrected chi connectivity index (χ2v) is 9.88. The molecule has 1 aromatic rings. The highest BCUT2D eigenvalue weighted by molar-refractivity contribution is 5.89. The molecule has 4 rings (SSSR count). The maximum Gasteiger partial charge on any atom is 0.245 e. The van der Waals surface area contributed by atoms with Crippen LogP contribution < -0.4 is 5.32 Å². The molecule has 1 aromatic carbocycles. The van der Waals surface area contributed by atoms with Crippen molar-refractivity contribution in [2.24, 2.45) is 11.8 Å². The molecule has 1 N–H and O–H groups in total. The summed E-state index contributed by atoms with van der Waals surface area (Å²) in [5.74, 6) is 0.442. The smallest absolute Gasteiger partial charge is 0.245 e. The Balaban J connectivity index is 1.40. The minimum Gasteiger partial charge on any atom is -0.344 e. The van der Waals surface area contributed by atoms with Crippen LogP contribution >= 0.6 is 0 Å². The van der Waals surface area contributed by atoms with Crippen molar-refractivity contribution >= 4 is 17.7 Å². The van der Waals surface area contributed by atoms with Crippen LogP contribution in [0.15, 0.2) is 30.3 Å². The highest BCUT2D eigenvalue weighted by Crippen LogP contribution is 2.28. The number of hydrogen-bond donors (Lipinski definition) is 1. The van der Waals surface area contributed by atoms with Crippen LogP contribution in [0.2, 0.25) is 0 Å². The number of nitrogens with zero attached hydrogens (tertiary/aromatic N) is 2. The summed E-state index contributed by atoms with van der Waals surface area (Å²) in [6.45, 7) is 3.68. The number of carbonyl (C=O) groups excluding carboxylic acids is 3. The van der Waals surface area contributed by atoms with Crippen LogP contribution in [0.25, 0.3) is 0 Å². The standard InChI is InChI=1S/C26H37N3O3/c1-19-18-28(15-16-29(19)25(31)22-11-6-3-7-12-22)26(32)23(17-20-9-4-2-5-10-20)27-24(30)21-13-8-14-21/h2,4-5,9-10,19,21-23H,3,6-8,11-18H2,1H3,(H,27,30). The van der Waals surface area contributed by atoms with E-state index in [-0.39, 0.29) is 35.6 Å². The van der Waals surface area contributed by atoms with Gasteiger partial charge in [-0.15, -0.1) is 0 Å². The summed E-state index contributed by atoms with van der Waals surface area (Å²) in [6.07, 6.45) is 8.92. The SMILES string of the molecule is CC1CN(C(=O)C(Cc2ccccc2)NC(=O)C2CCC2)CCN1C(=O)C1CCCCC1. The molecule has 1 heterocycles. The molecule has 6 nitrogen and oxygen atoms in total. The van der Waals surface area contributed by atoms with E-state index < -0.39 is 6.04 Å². The zero-order chi connectivity index (χ0) is 22.5. The van der Waals surface area contributed by atoms with E-state index >= 15 is 0 Å². The van der Waals surface area contributed by atoms with Crippen molar-refractivity contribution in [3.8, 4) is 0 Å². The Morgan fingerprint density at radius 1 is 0.938 bits per heavy atom. The van der Waals surface area contributed by atoms with Gasteiger partial charge in [0.2, 0.25) is 17.7 Å². The van der Waals surface area contributed by atoms with Crippen molar-refractivity contribution in [3.05, 3.63) is 35.9 Å². The molecular formula is C26H37N3O3. The number of rotatable bonds is 6. The van der Waals surface area contributed by atoms with Crippen LogP contribution in [0.5, 0.6) is 0 Å². The second kappa shape index (κ2) is 10.5. The highest BCUT2D eigenvalue weighted by atomic mass is 16.2. The van der Waals surface area contributed by atoms with E-state index in [1.807, 2.05) is 47.1 Å². The summed E-state index contributed by atoms with van der Waals surface area (Å²) < 4.78 is 0. The molecule has 3 fully saturated rings. The molecule has 0 aromatic heterocycles. The summed E-state index contributed by atoms with van der Waals surface area (Å²) in [5, 5.41) is 3.05. The Bertz CT molecular complexity index is 802. The van der Waals surface area contributed by atoms with Crippen LogP contribution in [0, 0.1) is 11.8 Å². The zero-order valence-corrected chi connectivity index (χ0v) is 19.3. The summed E-state index contributed by atoms with van der Waals surface area (Å²) in [4.78, 5) is 43.0. The van der Waals surface area contributed by atoms with Crippen molar-refractivity contribution in [2.45, 2.75) is 76.8 Å². The first-order valence-corrected chi connectivity index (χ1v) is 12.5. The Hall–Kier alpha value is -2.37. The maximum atomic E-state index is 13.5. The molecule has 3 aliphatic rings. The van der Waals surface area contributed by atoms with Crippen LogP contribution in [0.4, 0.5) is 0 Å². The Labute approximate surface area is 191 Å². The van der Waals surface area contributed by atoms with Gasteiger partial charge < -0.3 is 15.1 Å². The van der Waals surface area contributed by atoms with E-state index in [4.69, 9.17) is 0 Å². The minimum absolute atomic E-state index is 0.00170. The molecule has 0 spiro atoms. The lowest BCUT2D eigenvalue weighted by molar-refractivity contribution is -0.147. The predicted octanol–water partition coefficient (Wildman–Crippen LogP) is 3.15. The summed E-state index contributed by atoms with van der Waals surface area (Å²) in [5.41, 5.74) is 1.04. The number of piperazine rings is 1. The summed E-state index contributed by atoms with van der Waals surface area (Å²) >= 11 is 0. The van der Waals surface area contributed by atoms with E-state index in [1.54, 1.807) is 0 Å². The lowest BCUT2D eigenvalue weighted by Gasteiger charge is -2.42.